The molecule has 0 rings (SSSR count). The normalized spacial score (nSPS) is 11.9. The van der Waals surface area contributed by atoms with Crippen molar-refractivity contribution in [2.24, 2.45) is 0 Å². The summed E-state index contributed by atoms with van der Waals surface area (Å²) in [5.74, 6) is -0.819. The molecule has 0 saturated carbocycles. The maximum Gasteiger partial charge on any atom is 0.306 e. The molecule has 6 heteroatoms. The number of hydrogen-bond acceptors (Lipinski definition) is 6. The molecule has 75 heavy (non-hydrogen) atoms. The lowest BCUT2D eigenvalue weighted by Crippen LogP contribution is -2.30. The molecule has 1 atom stereocenters. The number of unbranched alkanes of at least 4 members (excludes halogenated alkanes) is 54. The minimum absolute atomic E-state index is 0.0601. The molecule has 0 aromatic rings. The Morgan fingerprint density at radius 3 is 0.533 bits per heavy atom. The van der Waals surface area contributed by atoms with Gasteiger partial charge in [-0.1, -0.05) is 367 Å². The largest absolute Gasteiger partial charge is 0.462 e. The van der Waals surface area contributed by atoms with E-state index in [4.69, 9.17) is 14.2 Å². The molecule has 0 aliphatic carbocycles. The highest BCUT2D eigenvalue weighted by Gasteiger charge is 2.19. The third-order valence-corrected chi connectivity index (χ3v) is 16.1. The quantitative estimate of drug-likeness (QED) is 0.0343. The van der Waals surface area contributed by atoms with Crippen LogP contribution in [0.15, 0.2) is 0 Å². The number of hydrogen-bond donors (Lipinski definition) is 0. The van der Waals surface area contributed by atoms with Crippen LogP contribution in [-0.2, 0) is 28.6 Å². The average molecular weight is 1060 g/mol. The fraction of sp³-hybridized carbons (Fsp3) is 0.957. The molecule has 6 nitrogen and oxygen atoms in total. The van der Waals surface area contributed by atoms with E-state index in [-0.39, 0.29) is 31.1 Å². The van der Waals surface area contributed by atoms with Crippen molar-refractivity contribution < 1.29 is 28.6 Å². The van der Waals surface area contributed by atoms with E-state index in [1.54, 1.807) is 0 Å². The fourth-order valence-corrected chi connectivity index (χ4v) is 10.9. The first-order valence-electron chi connectivity index (χ1n) is 34.5. The Balaban J connectivity index is 4.24. The van der Waals surface area contributed by atoms with Crippen molar-refractivity contribution in [1.29, 1.82) is 0 Å². The van der Waals surface area contributed by atoms with E-state index in [9.17, 15) is 14.4 Å². The van der Waals surface area contributed by atoms with E-state index in [0.29, 0.717) is 19.3 Å². The van der Waals surface area contributed by atoms with E-state index >= 15 is 0 Å². The Hall–Kier alpha value is -1.59. The summed E-state index contributed by atoms with van der Waals surface area (Å²) in [6, 6.07) is 0. The number of ether oxygens (including phenoxy) is 3. The zero-order valence-corrected chi connectivity index (χ0v) is 51.4. The second-order valence-electron chi connectivity index (χ2n) is 23.8. The minimum Gasteiger partial charge on any atom is -0.462 e. The first-order chi connectivity index (χ1) is 37.0. The summed E-state index contributed by atoms with van der Waals surface area (Å²) in [7, 11) is 0. The van der Waals surface area contributed by atoms with Crippen LogP contribution in [0.3, 0.4) is 0 Å². The summed E-state index contributed by atoms with van der Waals surface area (Å²) in [5.41, 5.74) is 0. The third kappa shape index (κ3) is 63.1. The number of carbonyl (C=O) groups is 3. The van der Waals surface area contributed by atoms with Crippen LogP contribution in [0.4, 0.5) is 0 Å². The van der Waals surface area contributed by atoms with E-state index in [0.717, 1.165) is 57.8 Å². The third-order valence-electron chi connectivity index (χ3n) is 16.1. The molecule has 0 fully saturated rings. The molecule has 0 radical (unpaired) electrons. The van der Waals surface area contributed by atoms with Crippen LogP contribution in [0.5, 0.6) is 0 Å². The van der Waals surface area contributed by atoms with Crippen LogP contribution in [0, 0.1) is 0 Å². The first-order valence-corrected chi connectivity index (χ1v) is 34.5. The lowest BCUT2D eigenvalue weighted by molar-refractivity contribution is -0.167. The lowest BCUT2D eigenvalue weighted by Gasteiger charge is -2.18. The highest BCUT2D eigenvalue weighted by molar-refractivity contribution is 5.71. The Kier molecular flexibility index (Phi) is 63.6. The van der Waals surface area contributed by atoms with Crippen LogP contribution < -0.4 is 0 Å². The Morgan fingerprint density at radius 1 is 0.213 bits per heavy atom. The van der Waals surface area contributed by atoms with Gasteiger partial charge in [-0.2, -0.15) is 0 Å². The van der Waals surface area contributed by atoms with Gasteiger partial charge in [0, 0.05) is 19.3 Å². The average Bonchev–Trinajstić information content (AvgIpc) is 3.41. The van der Waals surface area contributed by atoms with Gasteiger partial charge in [0.05, 0.1) is 0 Å². The summed E-state index contributed by atoms with van der Waals surface area (Å²) < 4.78 is 17.0. The van der Waals surface area contributed by atoms with Gasteiger partial charge in [-0.15, -0.1) is 0 Å². The van der Waals surface area contributed by atoms with Gasteiger partial charge in [0.1, 0.15) is 13.2 Å². The van der Waals surface area contributed by atoms with E-state index in [1.165, 1.54) is 308 Å². The molecule has 0 N–H and O–H groups in total. The van der Waals surface area contributed by atoms with E-state index in [2.05, 4.69) is 20.8 Å². The maximum absolute atomic E-state index is 12.9. The Labute approximate surface area is 469 Å². The molecule has 0 amide bonds. The SMILES string of the molecule is CCCCCCCCCCCCCCCCCCCCCCCCCC(=O)OCC(COC(=O)CCCCCCCCCCCCCCCCCCC)OC(=O)CCCCCCCCCCCCCCCCCCC. The van der Waals surface area contributed by atoms with Gasteiger partial charge >= 0.3 is 17.9 Å². The van der Waals surface area contributed by atoms with Crippen LogP contribution in [0.2, 0.25) is 0 Å². The topological polar surface area (TPSA) is 78.9 Å². The van der Waals surface area contributed by atoms with Crippen LogP contribution in [0.25, 0.3) is 0 Å². The van der Waals surface area contributed by atoms with Crippen molar-refractivity contribution in [2.45, 2.75) is 412 Å². The van der Waals surface area contributed by atoms with Crippen molar-refractivity contribution in [3.8, 4) is 0 Å². The molecular formula is C69H134O6. The molecule has 0 aliphatic rings. The molecule has 0 aromatic carbocycles. The Bertz CT molecular complexity index is 1120. The zero-order valence-electron chi connectivity index (χ0n) is 51.4. The van der Waals surface area contributed by atoms with Gasteiger partial charge in [-0.25, -0.2) is 0 Å². The van der Waals surface area contributed by atoms with E-state index < -0.39 is 6.10 Å². The summed E-state index contributed by atoms with van der Waals surface area (Å²) in [4.78, 5) is 38.4. The molecule has 0 bridgehead atoms. The predicted octanol–water partition coefficient (Wildman–Crippen LogP) is 23.5. The van der Waals surface area contributed by atoms with Gasteiger partial charge in [0.15, 0.2) is 6.10 Å². The van der Waals surface area contributed by atoms with Gasteiger partial charge < -0.3 is 14.2 Å². The van der Waals surface area contributed by atoms with Crippen molar-refractivity contribution in [2.75, 3.05) is 13.2 Å². The summed E-state index contributed by atoms with van der Waals surface area (Å²) in [6.45, 7) is 6.75. The zero-order chi connectivity index (χ0) is 54.3. The molecule has 1 unspecified atom stereocenters. The molecule has 0 aromatic heterocycles. The first kappa shape index (κ1) is 73.4. The van der Waals surface area contributed by atoms with Crippen molar-refractivity contribution in [3.63, 3.8) is 0 Å². The summed E-state index contributed by atoms with van der Waals surface area (Å²) >= 11 is 0. The van der Waals surface area contributed by atoms with Crippen molar-refractivity contribution in [1.82, 2.24) is 0 Å². The van der Waals surface area contributed by atoms with Crippen molar-refractivity contribution >= 4 is 17.9 Å². The van der Waals surface area contributed by atoms with Gasteiger partial charge in [-0.05, 0) is 19.3 Å². The van der Waals surface area contributed by atoms with Gasteiger partial charge in [0.25, 0.3) is 0 Å². The highest BCUT2D eigenvalue weighted by atomic mass is 16.6. The molecule has 0 heterocycles. The van der Waals surface area contributed by atoms with Gasteiger partial charge in [0.2, 0.25) is 0 Å². The van der Waals surface area contributed by atoms with Crippen LogP contribution in [-0.4, -0.2) is 37.2 Å². The smallest absolute Gasteiger partial charge is 0.306 e. The summed E-state index contributed by atoms with van der Waals surface area (Å²) in [6.07, 6.45) is 75.5. The standard InChI is InChI=1S/C69H134O6/c1-4-7-10-13-16-19-22-25-28-31-32-33-34-35-36-39-41-44-47-50-53-56-59-62-68(71)74-65-66(75-69(72)63-60-57-54-51-48-45-42-38-30-27-24-21-18-15-12-9-6-3)64-73-67(70)61-58-55-52-49-46-43-40-37-29-26-23-20-17-14-11-8-5-2/h66H,4-65H2,1-3H3. The number of rotatable bonds is 65. The summed E-state index contributed by atoms with van der Waals surface area (Å²) in [5, 5.41) is 0. The second kappa shape index (κ2) is 64.9. The number of esters is 3. The molecule has 446 valence electrons. The molecule has 0 aliphatic heterocycles. The maximum atomic E-state index is 12.9. The predicted molar refractivity (Wildman–Crippen MR) is 326 cm³/mol. The van der Waals surface area contributed by atoms with Gasteiger partial charge in [-0.3, -0.25) is 14.4 Å². The molecule has 0 saturated heterocycles. The second-order valence-corrected chi connectivity index (χ2v) is 23.8. The van der Waals surface area contributed by atoms with Crippen LogP contribution in [0.1, 0.15) is 406 Å². The molecular weight excluding hydrogens is 925 g/mol. The Morgan fingerprint density at radius 2 is 0.360 bits per heavy atom. The lowest BCUT2D eigenvalue weighted by atomic mass is 10.0. The molecule has 0 spiro atoms. The highest BCUT2D eigenvalue weighted by Crippen LogP contribution is 2.19. The number of carbonyl (C=O) groups excluding carboxylic acids is 3. The van der Waals surface area contributed by atoms with E-state index in [1.807, 2.05) is 0 Å². The monoisotopic (exact) mass is 1060 g/mol. The van der Waals surface area contributed by atoms with Crippen LogP contribution >= 0.6 is 0 Å². The minimum atomic E-state index is -0.763. The fourth-order valence-electron chi connectivity index (χ4n) is 10.9. The van der Waals surface area contributed by atoms with Crippen molar-refractivity contribution in [3.05, 3.63) is 0 Å².